The van der Waals surface area contributed by atoms with Crippen molar-refractivity contribution in [2.24, 2.45) is 0 Å². The lowest BCUT2D eigenvalue weighted by molar-refractivity contribution is 0.306. The molecule has 1 N–H and O–H groups in total. The molecule has 0 saturated carbocycles. The number of hydrogen-bond acceptors (Lipinski definition) is 2. The second-order valence-corrected chi connectivity index (χ2v) is 7.35. The van der Waals surface area contributed by atoms with Crippen molar-refractivity contribution in [3.05, 3.63) is 91.9 Å². The molecule has 0 unspecified atom stereocenters. The summed E-state index contributed by atoms with van der Waals surface area (Å²) in [6.45, 7) is 0.915. The van der Waals surface area contributed by atoms with Crippen molar-refractivity contribution >= 4 is 52.1 Å². The van der Waals surface area contributed by atoms with E-state index >= 15 is 0 Å². The first-order valence-corrected chi connectivity index (χ1v) is 9.37. The Bertz CT molecular complexity index is 874. The van der Waals surface area contributed by atoms with Gasteiger partial charge in [0.2, 0.25) is 0 Å². The molecule has 0 aliphatic rings. The molecule has 26 heavy (non-hydrogen) atoms. The van der Waals surface area contributed by atoms with E-state index in [1.165, 1.54) is 0 Å². The fourth-order valence-corrected chi connectivity index (χ4v) is 3.39. The highest BCUT2D eigenvalue weighted by Crippen LogP contribution is 2.35. The summed E-state index contributed by atoms with van der Waals surface area (Å²) < 4.78 is 5.78. The van der Waals surface area contributed by atoms with Crippen molar-refractivity contribution in [3.63, 3.8) is 0 Å². The summed E-state index contributed by atoms with van der Waals surface area (Å²) in [5.74, 6) is 0.462. The Hall–Kier alpha value is -1.58. The van der Waals surface area contributed by atoms with Gasteiger partial charge in [-0.05, 0) is 59.7 Å². The molecule has 0 heterocycles. The summed E-state index contributed by atoms with van der Waals surface area (Å²) in [5.41, 5.74) is 2.85. The molecule has 0 spiro atoms. The van der Waals surface area contributed by atoms with Crippen LogP contribution in [0.5, 0.6) is 5.75 Å². The van der Waals surface area contributed by atoms with Gasteiger partial charge < -0.3 is 10.1 Å². The largest absolute Gasteiger partial charge is 0.486 e. The fraction of sp³-hybridized carbons (Fsp3) is 0.100. The smallest absolute Gasteiger partial charge is 0.156 e. The van der Waals surface area contributed by atoms with Crippen molar-refractivity contribution in [3.8, 4) is 5.75 Å². The summed E-state index contributed by atoms with van der Waals surface area (Å²) in [6.07, 6.45) is 0. The van der Waals surface area contributed by atoms with Gasteiger partial charge in [0, 0.05) is 22.3 Å². The Morgan fingerprint density at radius 3 is 2.08 bits per heavy atom. The lowest BCUT2D eigenvalue weighted by Gasteiger charge is -2.13. The number of rotatable bonds is 6. The normalized spacial score (nSPS) is 10.6. The zero-order chi connectivity index (χ0) is 18.5. The zero-order valence-corrected chi connectivity index (χ0v) is 16.6. The first kappa shape index (κ1) is 19.2. The molecule has 2 nitrogen and oxygen atoms in total. The highest BCUT2D eigenvalue weighted by atomic mass is 35.5. The second-order valence-electron chi connectivity index (χ2n) is 5.67. The van der Waals surface area contributed by atoms with Crippen molar-refractivity contribution < 1.29 is 4.74 Å². The van der Waals surface area contributed by atoms with E-state index in [9.17, 15) is 0 Å². The van der Waals surface area contributed by atoms with E-state index in [4.69, 9.17) is 51.1 Å². The van der Waals surface area contributed by atoms with Gasteiger partial charge in [-0.3, -0.25) is 0 Å². The molecule has 0 radical (unpaired) electrons. The highest BCUT2D eigenvalue weighted by Gasteiger charge is 2.10. The van der Waals surface area contributed by atoms with Crippen molar-refractivity contribution in [2.45, 2.75) is 13.2 Å². The van der Waals surface area contributed by atoms with E-state index in [0.717, 1.165) is 16.8 Å². The first-order valence-electron chi connectivity index (χ1n) is 7.86. The summed E-state index contributed by atoms with van der Waals surface area (Å²) >= 11 is 24.6. The molecule has 3 aromatic rings. The van der Waals surface area contributed by atoms with Crippen LogP contribution in [-0.2, 0) is 13.2 Å². The molecular formula is C20H15Cl4NO. The predicted molar refractivity (Wildman–Crippen MR) is 111 cm³/mol. The Balaban J connectivity index is 1.66. The van der Waals surface area contributed by atoms with E-state index in [0.29, 0.717) is 39.0 Å². The Labute approximate surface area is 172 Å². The lowest BCUT2D eigenvalue weighted by atomic mass is 10.2. The predicted octanol–water partition coefficient (Wildman–Crippen LogP) is 7.49. The van der Waals surface area contributed by atoms with Crippen molar-refractivity contribution in [2.75, 3.05) is 5.32 Å². The van der Waals surface area contributed by atoms with E-state index < -0.39 is 0 Å². The van der Waals surface area contributed by atoms with Gasteiger partial charge in [0.15, 0.2) is 5.75 Å². The minimum atomic E-state index is 0.336. The quantitative estimate of drug-likeness (QED) is 0.440. The molecule has 0 aliphatic carbocycles. The molecule has 134 valence electrons. The first-order chi connectivity index (χ1) is 12.5. The standard InChI is InChI=1S/C20H15Cl4NO/c21-15-4-6-17(7-5-15)25-11-14-9-18(23)20(19(24)10-14)26-12-13-2-1-3-16(22)8-13/h1-10,25H,11-12H2. The Morgan fingerprint density at radius 2 is 1.42 bits per heavy atom. The molecule has 3 aromatic carbocycles. The van der Waals surface area contributed by atoms with Gasteiger partial charge in [0.05, 0.1) is 10.0 Å². The third-order valence-electron chi connectivity index (χ3n) is 3.67. The number of nitrogens with one attached hydrogen (secondary N) is 1. The lowest BCUT2D eigenvalue weighted by Crippen LogP contribution is -2.01. The molecule has 0 aromatic heterocycles. The van der Waals surface area contributed by atoms with Crippen LogP contribution in [0.4, 0.5) is 5.69 Å². The number of hydrogen-bond donors (Lipinski definition) is 1. The minimum Gasteiger partial charge on any atom is -0.486 e. The number of ether oxygens (including phenoxy) is 1. The van der Waals surface area contributed by atoms with Crippen LogP contribution >= 0.6 is 46.4 Å². The van der Waals surface area contributed by atoms with Crippen LogP contribution in [0, 0.1) is 0 Å². The summed E-state index contributed by atoms with van der Waals surface area (Å²) in [4.78, 5) is 0. The SMILES string of the molecule is Clc1ccc(NCc2cc(Cl)c(OCc3cccc(Cl)c3)c(Cl)c2)cc1. The van der Waals surface area contributed by atoms with Crippen LogP contribution in [0.1, 0.15) is 11.1 Å². The third-order valence-corrected chi connectivity index (χ3v) is 4.72. The topological polar surface area (TPSA) is 21.3 Å². The Morgan fingerprint density at radius 1 is 0.731 bits per heavy atom. The average molecular weight is 427 g/mol. The number of anilines is 1. The molecule has 6 heteroatoms. The van der Waals surface area contributed by atoms with E-state index in [-0.39, 0.29) is 0 Å². The summed E-state index contributed by atoms with van der Waals surface area (Å²) in [6, 6.07) is 18.6. The molecule has 0 bridgehead atoms. The van der Waals surface area contributed by atoms with Crippen LogP contribution in [0.25, 0.3) is 0 Å². The molecule has 0 saturated heterocycles. The molecule has 0 fully saturated rings. The van der Waals surface area contributed by atoms with Crippen molar-refractivity contribution in [1.82, 2.24) is 0 Å². The second kappa shape index (κ2) is 8.88. The van der Waals surface area contributed by atoms with E-state index in [1.807, 2.05) is 60.7 Å². The maximum Gasteiger partial charge on any atom is 0.156 e. The van der Waals surface area contributed by atoms with Gasteiger partial charge in [-0.1, -0.05) is 58.5 Å². The Kier molecular flexibility index (Phi) is 6.55. The summed E-state index contributed by atoms with van der Waals surface area (Å²) in [5, 5.41) is 5.58. The maximum atomic E-state index is 6.35. The van der Waals surface area contributed by atoms with Crippen LogP contribution in [0.2, 0.25) is 20.1 Å². The van der Waals surface area contributed by atoms with Crippen LogP contribution in [-0.4, -0.2) is 0 Å². The van der Waals surface area contributed by atoms with Gasteiger partial charge >= 0.3 is 0 Å². The van der Waals surface area contributed by atoms with Gasteiger partial charge in [-0.2, -0.15) is 0 Å². The third kappa shape index (κ3) is 5.21. The van der Waals surface area contributed by atoms with Crippen LogP contribution in [0.3, 0.4) is 0 Å². The van der Waals surface area contributed by atoms with E-state index in [1.54, 1.807) is 0 Å². The van der Waals surface area contributed by atoms with Crippen LogP contribution in [0.15, 0.2) is 60.7 Å². The monoisotopic (exact) mass is 425 g/mol. The summed E-state index contributed by atoms with van der Waals surface area (Å²) in [7, 11) is 0. The number of benzene rings is 3. The van der Waals surface area contributed by atoms with Gasteiger partial charge in [-0.15, -0.1) is 0 Å². The van der Waals surface area contributed by atoms with Gasteiger partial charge in [0.25, 0.3) is 0 Å². The molecule has 0 amide bonds. The van der Waals surface area contributed by atoms with Gasteiger partial charge in [0.1, 0.15) is 6.61 Å². The number of halogens is 4. The van der Waals surface area contributed by atoms with E-state index in [2.05, 4.69) is 5.32 Å². The molecule has 0 atom stereocenters. The van der Waals surface area contributed by atoms with Gasteiger partial charge in [-0.25, -0.2) is 0 Å². The fourth-order valence-electron chi connectivity index (χ4n) is 2.41. The average Bonchev–Trinajstić information content (AvgIpc) is 2.60. The molecule has 3 rings (SSSR count). The molecule has 0 aliphatic heterocycles. The zero-order valence-electron chi connectivity index (χ0n) is 13.6. The molecular weight excluding hydrogens is 412 g/mol. The highest BCUT2D eigenvalue weighted by molar-refractivity contribution is 6.37. The van der Waals surface area contributed by atoms with Crippen LogP contribution < -0.4 is 10.1 Å². The minimum absolute atomic E-state index is 0.336. The maximum absolute atomic E-state index is 6.35. The van der Waals surface area contributed by atoms with Crippen molar-refractivity contribution in [1.29, 1.82) is 0 Å².